The molecular weight excluding hydrogens is 347 g/mol. The van der Waals surface area contributed by atoms with Gasteiger partial charge in [0.2, 0.25) is 0 Å². The molecule has 1 aromatic heterocycles. The fourth-order valence-electron chi connectivity index (χ4n) is 3.39. The number of fused-ring (bicyclic) bond motifs is 1. The molecule has 5 nitrogen and oxygen atoms in total. The molecule has 0 N–H and O–H groups in total. The van der Waals surface area contributed by atoms with E-state index < -0.39 is 0 Å². The molecule has 142 valence electrons. The van der Waals surface area contributed by atoms with E-state index in [-0.39, 0.29) is 17.5 Å². The van der Waals surface area contributed by atoms with Crippen molar-refractivity contribution in [1.29, 1.82) is 0 Å². The molecule has 0 aliphatic carbocycles. The third-order valence-corrected chi connectivity index (χ3v) is 4.72. The molecule has 0 unspecified atom stereocenters. The van der Waals surface area contributed by atoms with Crippen LogP contribution in [0.5, 0.6) is 5.75 Å². The van der Waals surface area contributed by atoms with Gasteiger partial charge in [-0.05, 0) is 43.7 Å². The van der Waals surface area contributed by atoms with Gasteiger partial charge in [-0.15, -0.1) is 0 Å². The molecule has 6 heteroatoms. The number of esters is 1. The van der Waals surface area contributed by atoms with E-state index >= 15 is 0 Å². The van der Waals surface area contributed by atoms with Gasteiger partial charge < -0.3 is 9.47 Å². The zero-order chi connectivity index (χ0) is 19.6. The van der Waals surface area contributed by atoms with Crippen LogP contribution in [-0.2, 0) is 17.8 Å². The number of ether oxygens (including phenoxy) is 2. The quantitative estimate of drug-likeness (QED) is 0.491. The van der Waals surface area contributed by atoms with Crippen molar-refractivity contribution in [3.63, 3.8) is 0 Å². The van der Waals surface area contributed by atoms with Crippen molar-refractivity contribution >= 4 is 17.0 Å². The Morgan fingerprint density at radius 1 is 1.19 bits per heavy atom. The highest BCUT2D eigenvalue weighted by molar-refractivity contribution is 5.93. The Morgan fingerprint density at radius 3 is 2.59 bits per heavy atom. The van der Waals surface area contributed by atoms with Crippen LogP contribution in [0.25, 0.3) is 11.0 Å². The van der Waals surface area contributed by atoms with E-state index in [1.54, 1.807) is 19.1 Å². The summed E-state index contributed by atoms with van der Waals surface area (Å²) >= 11 is 0. The molecule has 1 heterocycles. The van der Waals surface area contributed by atoms with Gasteiger partial charge in [-0.2, -0.15) is 0 Å². The van der Waals surface area contributed by atoms with E-state index in [9.17, 15) is 9.18 Å². The standard InChI is InChI=1S/C21H24FN2O3/c1-5-23-14(3)24(13-15-7-10-20(26-4)17(22)11-15)19-12-16(8-9-18(19)23)21(25)27-6-2/h7-12H,5-6,13H2,1-4H3/q+1. The Labute approximate surface area is 157 Å². The lowest BCUT2D eigenvalue weighted by Gasteiger charge is -2.05. The first-order chi connectivity index (χ1) is 13.0. The number of carbonyl (C=O) groups excluding carboxylic acids is 1. The molecule has 2 aromatic carbocycles. The summed E-state index contributed by atoms with van der Waals surface area (Å²) in [6, 6.07) is 10.5. The maximum absolute atomic E-state index is 14.1. The van der Waals surface area contributed by atoms with Crippen LogP contribution in [0.15, 0.2) is 36.4 Å². The van der Waals surface area contributed by atoms with Crippen LogP contribution in [0.4, 0.5) is 4.39 Å². The van der Waals surface area contributed by atoms with E-state index in [0.29, 0.717) is 18.7 Å². The van der Waals surface area contributed by atoms with E-state index in [1.165, 1.54) is 13.2 Å². The van der Waals surface area contributed by atoms with Gasteiger partial charge in [0.25, 0.3) is 5.82 Å². The molecular formula is C21H24FN2O3+. The van der Waals surface area contributed by atoms with Crippen LogP contribution in [0.1, 0.15) is 35.6 Å². The van der Waals surface area contributed by atoms with Gasteiger partial charge in [-0.1, -0.05) is 6.07 Å². The van der Waals surface area contributed by atoms with Gasteiger partial charge in [0.05, 0.1) is 25.8 Å². The Balaban J connectivity index is 2.10. The van der Waals surface area contributed by atoms with Crippen molar-refractivity contribution in [2.75, 3.05) is 13.7 Å². The lowest BCUT2D eigenvalue weighted by molar-refractivity contribution is -0.674. The van der Waals surface area contributed by atoms with Crippen LogP contribution in [0.3, 0.4) is 0 Å². The van der Waals surface area contributed by atoms with E-state index in [1.807, 2.05) is 25.1 Å². The summed E-state index contributed by atoms with van der Waals surface area (Å²) in [6.45, 7) is 7.49. The second-order valence-electron chi connectivity index (χ2n) is 6.27. The van der Waals surface area contributed by atoms with Crippen LogP contribution in [-0.4, -0.2) is 24.3 Å². The molecule has 0 bridgehead atoms. The SMILES string of the molecule is CCOC(=O)c1ccc2c(c1)n(Cc1ccc(OC)c(F)c1)c(C)[n+]2CC. The third kappa shape index (κ3) is 3.52. The van der Waals surface area contributed by atoms with Crippen molar-refractivity contribution in [2.24, 2.45) is 0 Å². The number of nitrogens with zero attached hydrogens (tertiary/aromatic N) is 2. The Bertz CT molecular complexity index is 995. The summed E-state index contributed by atoms with van der Waals surface area (Å²) in [7, 11) is 1.45. The monoisotopic (exact) mass is 371 g/mol. The molecule has 0 saturated carbocycles. The largest absolute Gasteiger partial charge is 0.494 e. The lowest BCUT2D eigenvalue weighted by atomic mass is 10.1. The highest BCUT2D eigenvalue weighted by Crippen LogP contribution is 2.22. The fraction of sp³-hybridized carbons (Fsp3) is 0.333. The van der Waals surface area contributed by atoms with Crippen LogP contribution in [0.2, 0.25) is 0 Å². The average molecular weight is 371 g/mol. The average Bonchev–Trinajstić information content (AvgIpc) is 2.92. The van der Waals surface area contributed by atoms with E-state index in [2.05, 4.69) is 16.1 Å². The first-order valence-corrected chi connectivity index (χ1v) is 9.02. The topological polar surface area (TPSA) is 44.3 Å². The van der Waals surface area contributed by atoms with Gasteiger partial charge in [0, 0.05) is 13.0 Å². The normalized spacial score (nSPS) is 11.0. The Hall–Kier alpha value is -2.89. The number of hydrogen-bond acceptors (Lipinski definition) is 3. The summed E-state index contributed by atoms with van der Waals surface area (Å²) in [5.74, 6) is 0.522. The van der Waals surface area contributed by atoms with E-state index in [0.717, 1.165) is 29.0 Å². The van der Waals surface area contributed by atoms with Crippen LogP contribution in [0, 0.1) is 12.7 Å². The number of benzene rings is 2. The third-order valence-electron chi connectivity index (χ3n) is 4.72. The molecule has 0 aliphatic heterocycles. The number of rotatable bonds is 6. The molecule has 3 aromatic rings. The highest BCUT2D eigenvalue weighted by Gasteiger charge is 2.23. The summed E-state index contributed by atoms with van der Waals surface area (Å²) in [5, 5.41) is 0. The Morgan fingerprint density at radius 2 is 1.96 bits per heavy atom. The molecule has 0 amide bonds. The minimum absolute atomic E-state index is 0.223. The molecule has 0 radical (unpaired) electrons. The lowest BCUT2D eigenvalue weighted by Crippen LogP contribution is -2.35. The maximum atomic E-state index is 14.1. The number of halogens is 1. The molecule has 0 fully saturated rings. The zero-order valence-corrected chi connectivity index (χ0v) is 16.1. The second kappa shape index (κ2) is 7.78. The minimum Gasteiger partial charge on any atom is -0.494 e. The van der Waals surface area contributed by atoms with Crippen LogP contribution < -0.4 is 9.30 Å². The number of aromatic nitrogens is 2. The summed E-state index contributed by atoms with van der Waals surface area (Å²) in [5.41, 5.74) is 3.26. The van der Waals surface area contributed by atoms with Crippen molar-refractivity contribution < 1.29 is 23.2 Å². The summed E-state index contributed by atoms with van der Waals surface area (Å²) in [6.07, 6.45) is 0. The van der Waals surface area contributed by atoms with Gasteiger partial charge in [-0.3, -0.25) is 0 Å². The van der Waals surface area contributed by atoms with Gasteiger partial charge >= 0.3 is 5.97 Å². The molecule has 0 aliphatic rings. The summed E-state index contributed by atoms with van der Waals surface area (Å²) < 4.78 is 28.5. The molecule has 0 spiro atoms. The molecule has 0 atom stereocenters. The predicted octanol–water partition coefficient (Wildman–Crippen LogP) is 3.63. The predicted molar refractivity (Wildman–Crippen MR) is 101 cm³/mol. The molecule has 27 heavy (non-hydrogen) atoms. The number of methoxy groups -OCH3 is 1. The maximum Gasteiger partial charge on any atom is 0.338 e. The van der Waals surface area contributed by atoms with Crippen molar-refractivity contribution in [3.8, 4) is 5.75 Å². The van der Waals surface area contributed by atoms with Crippen molar-refractivity contribution in [3.05, 3.63) is 59.2 Å². The Kier molecular flexibility index (Phi) is 5.44. The van der Waals surface area contributed by atoms with Crippen LogP contribution >= 0.6 is 0 Å². The smallest absolute Gasteiger partial charge is 0.338 e. The van der Waals surface area contributed by atoms with Gasteiger partial charge in [0.15, 0.2) is 22.6 Å². The molecule has 3 rings (SSSR count). The first-order valence-electron chi connectivity index (χ1n) is 9.02. The number of hydrogen-bond donors (Lipinski definition) is 0. The fourth-order valence-corrected chi connectivity index (χ4v) is 3.39. The van der Waals surface area contributed by atoms with Gasteiger partial charge in [-0.25, -0.2) is 18.3 Å². The number of carbonyl (C=O) groups is 1. The first kappa shape index (κ1) is 18.9. The van der Waals surface area contributed by atoms with Crippen molar-refractivity contribution in [1.82, 2.24) is 4.57 Å². The molecule has 0 saturated heterocycles. The number of aryl methyl sites for hydroxylation is 1. The number of imidazole rings is 1. The van der Waals surface area contributed by atoms with E-state index in [4.69, 9.17) is 9.47 Å². The highest BCUT2D eigenvalue weighted by atomic mass is 19.1. The second-order valence-corrected chi connectivity index (χ2v) is 6.27. The van der Waals surface area contributed by atoms with Crippen molar-refractivity contribution in [2.45, 2.75) is 33.9 Å². The zero-order valence-electron chi connectivity index (χ0n) is 16.1. The summed E-state index contributed by atoms with van der Waals surface area (Å²) in [4.78, 5) is 12.1. The van der Waals surface area contributed by atoms with Gasteiger partial charge in [0.1, 0.15) is 6.54 Å². The minimum atomic E-state index is -0.389.